The zero-order chi connectivity index (χ0) is 21.7. The minimum Gasteiger partial charge on any atom is -0.483 e. The van der Waals surface area contributed by atoms with Gasteiger partial charge < -0.3 is 9.47 Å². The predicted octanol–water partition coefficient (Wildman–Crippen LogP) is 4.81. The summed E-state index contributed by atoms with van der Waals surface area (Å²) in [5.74, 6) is 0.831. The fourth-order valence-corrected chi connectivity index (χ4v) is 3.28. The molecule has 1 aliphatic heterocycles. The second kappa shape index (κ2) is 7.02. The lowest BCUT2D eigenvalue weighted by molar-refractivity contribution is -0.137. The average Bonchev–Trinajstić information content (AvgIpc) is 3.00. The summed E-state index contributed by atoms with van der Waals surface area (Å²) in [6, 6.07) is 7.24. The number of benzene rings is 1. The molecule has 6 nitrogen and oxygen atoms in total. The molecule has 3 aromatic rings. The number of nitrogens with zero attached hydrogens (tertiary/aromatic N) is 3. The Morgan fingerprint density at radius 2 is 1.93 bits per heavy atom. The van der Waals surface area contributed by atoms with Crippen molar-refractivity contribution < 1.29 is 22.6 Å². The van der Waals surface area contributed by atoms with Gasteiger partial charge in [-0.3, -0.25) is 4.79 Å². The van der Waals surface area contributed by atoms with Crippen LogP contribution in [0.2, 0.25) is 5.02 Å². The summed E-state index contributed by atoms with van der Waals surface area (Å²) >= 11 is 6.16. The Hall–Kier alpha value is -3.07. The van der Waals surface area contributed by atoms with Crippen LogP contribution in [0.25, 0.3) is 5.82 Å². The first kappa shape index (κ1) is 20.2. The van der Waals surface area contributed by atoms with Crippen molar-refractivity contribution in [1.29, 1.82) is 0 Å². The van der Waals surface area contributed by atoms with Crippen molar-refractivity contribution in [3.8, 4) is 23.1 Å². The molecular formula is C20H15ClF3N3O3. The number of rotatable bonds is 3. The summed E-state index contributed by atoms with van der Waals surface area (Å²) < 4.78 is 50.6. The molecule has 1 aromatic carbocycles. The average molecular weight is 438 g/mol. The minimum absolute atomic E-state index is 0.00784. The molecule has 0 amide bonds. The van der Waals surface area contributed by atoms with E-state index in [1.807, 2.05) is 19.9 Å². The molecule has 30 heavy (non-hydrogen) atoms. The van der Waals surface area contributed by atoms with Crippen LogP contribution in [0.15, 0.2) is 47.5 Å². The van der Waals surface area contributed by atoms with Crippen LogP contribution in [-0.4, -0.2) is 20.4 Å². The molecule has 0 saturated carbocycles. The van der Waals surface area contributed by atoms with Crippen LogP contribution in [0.5, 0.6) is 17.2 Å². The van der Waals surface area contributed by atoms with E-state index in [2.05, 4.69) is 10.1 Å². The van der Waals surface area contributed by atoms with Crippen molar-refractivity contribution in [3.63, 3.8) is 0 Å². The van der Waals surface area contributed by atoms with Crippen LogP contribution in [0, 0.1) is 0 Å². The second-order valence-corrected chi connectivity index (χ2v) is 7.71. The first-order valence-electron chi connectivity index (χ1n) is 8.85. The van der Waals surface area contributed by atoms with Crippen LogP contribution in [-0.2, 0) is 12.6 Å². The number of fused-ring (bicyclic) bond motifs is 1. The van der Waals surface area contributed by atoms with E-state index in [1.54, 1.807) is 12.1 Å². The topological polar surface area (TPSA) is 66.2 Å². The van der Waals surface area contributed by atoms with E-state index in [9.17, 15) is 18.0 Å². The number of ether oxygens (including phenoxy) is 2. The number of halogens is 4. The van der Waals surface area contributed by atoms with Gasteiger partial charge in [-0.2, -0.15) is 23.0 Å². The van der Waals surface area contributed by atoms with Gasteiger partial charge in [0.1, 0.15) is 5.60 Å². The smallest absolute Gasteiger partial charge is 0.417 e. The van der Waals surface area contributed by atoms with Gasteiger partial charge >= 0.3 is 6.18 Å². The summed E-state index contributed by atoms with van der Waals surface area (Å²) in [4.78, 5) is 16.2. The second-order valence-electron chi connectivity index (χ2n) is 7.33. The summed E-state index contributed by atoms with van der Waals surface area (Å²) in [6.07, 6.45) is -2.02. The summed E-state index contributed by atoms with van der Waals surface area (Å²) in [7, 11) is 0. The Bertz CT molecular complexity index is 1170. The van der Waals surface area contributed by atoms with Crippen LogP contribution >= 0.6 is 11.6 Å². The molecule has 0 N–H and O–H groups in total. The first-order chi connectivity index (χ1) is 14.0. The van der Waals surface area contributed by atoms with E-state index in [0.29, 0.717) is 24.1 Å². The van der Waals surface area contributed by atoms with Gasteiger partial charge in [0, 0.05) is 18.2 Å². The molecule has 0 spiro atoms. The molecule has 10 heteroatoms. The van der Waals surface area contributed by atoms with E-state index >= 15 is 0 Å². The molecule has 1 aliphatic rings. The Balaban J connectivity index is 1.66. The normalized spacial score (nSPS) is 14.9. The summed E-state index contributed by atoms with van der Waals surface area (Å²) in [5.41, 5.74) is -1.15. The highest BCUT2D eigenvalue weighted by molar-refractivity contribution is 6.31. The SMILES string of the molecule is CC1(C)Cc2cccc(Oc3cnn(-c4ccc(C(F)(F)F)cn4)c(=O)c3Cl)c2O1. The van der Waals surface area contributed by atoms with Crippen molar-refractivity contribution >= 4 is 11.6 Å². The highest BCUT2D eigenvalue weighted by atomic mass is 35.5. The lowest BCUT2D eigenvalue weighted by atomic mass is 10.0. The third-order valence-electron chi connectivity index (χ3n) is 4.45. The molecule has 0 saturated heterocycles. The van der Waals surface area contributed by atoms with E-state index in [0.717, 1.165) is 22.4 Å². The Morgan fingerprint density at radius 1 is 1.17 bits per heavy atom. The number of hydrogen-bond acceptors (Lipinski definition) is 5. The van der Waals surface area contributed by atoms with Gasteiger partial charge in [0.25, 0.3) is 5.56 Å². The number of aromatic nitrogens is 3. The minimum atomic E-state index is -4.54. The Labute approximate surface area is 173 Å². The van der Waals surface area contributed by atoms with Crippen molar-refractivity contribution in [2.75, 3.05) is 0 Å². The monoisotopic (exact) mass is 437 g/mol. The molecule has 2 aromatic heterocycles. The fraction of sp³-hybridized carbons (Fsp3) is 0.250. The Morgan fingerprint density at radius 3 is 2.60 bits per heavy atom. The van der Waals surface area contributed by atoms with Crippen molar-refractivity contribution in [2.24, 2.45) is 0 Å². The highest BCUT2D eigenvalue weighted by Crippen LogP contribution is 2.43. The maximum absolute atomic E-state index is 12.7. The highest BCUT2D eigenvalue weighted by Gasteiger charge is 2.33. The van der Waals surface area contributed by atoms with E-state index in [4.69, 9.17) is 21.1 Å². The molecule has 0 bridgehead atoms. The van der Waals surface area contributed by atoms with Crippen molar-refractivity contribution in [2.45, 2.75) is 32.0 Å². The fourth-order valence-electron chi connectivity index (χ4n) is 3.12. The predicted molar refractivity (Wildman–Crippen MR) is 103 cm³/mol. The number of hydrogen-bond donors (Lipinski definition) is 0. The molecule has 0 atom stereocenters. The van der Waals surface area contributed by atoms with E-state index in [-0.39, 0.29) is 22.2 Å². The van der Waals surface area contributed by atoms with Gasteiger partial charge in [0.15, 0.2) is 28.1 Å². The van der Waals surface area contributed by atoms with Gasteiger partial charge in [-0.15, -0.1) is 0 Å². The third-order valence-corrected chi connectivity index (χ3v) is 4.80. The Kier molecular flexibility index (Phi) is 4.73. The summed E-state index contributed by atoms with van der Waals surface area (Å²) in [5, 5.41) is 3.64. The molecule has 3 heterocycles. The largest absolute Gasteiger partial charge is 0.483 e. The molecule has 156 valence electrons. The lowest BCUT2D eigenvalue weighted by Crippen LogP contribution is -2.24. The zero-order valence-electron chi connectivity index (χ0n) is 15.8. The van der Waals surface area contributed by atoms with Crippen LogP contribution in [0.4, 0.5) is 13.2 Å². The maximum atomic E-state index is 12.7. The zero-order valence-corrected chi connectivity index (χ0v) is 16.6. The van der Waals surface area contributed by atoms with Gasteiger partial charge in [0.2, 0.25) is 0 Å². The standard InChI is InChI=1S/C20H15ClF3N3O3/c1-19(2)8-11-4-3-5-13(17(11)30-19)29-14-10-26-27(18(28)16(14)21)15-7-6-12(9-25-15)20(22,23)24/h3-7,9-10H,8H2,1-2H3. The van der Waals surface area contributed by atoms with Crippen LogP contribution in [0.3, 0.4) is 0 Å². The number of alkyl halides is 3. The van der Waals surface area contributed by atoms with Gasteiger partial charge in [-0.1, -0.05) is 23.7 Å². The quantitative estimate of drug-likeness (QED) is 0.588. The van der Waals surface area contributed by atoms with Crippen LogP contribution in [0.1, 0.15) is 25.0 Å². The number of pyridine rings is 1. The van der Waals surface area contributed by atoms with Gasteiger partial charge in [0.05, 0.1) is 11.8 Å². The molecule has 0 fully saturated rings. The molecule has 4 rings (SSSR count). The van der Waals surface area contributed by atoms with Gasteiger partial charge in [-0.05, 0) is 32.0 Å². The summed E-state index contributed by atoms with van der Waals surface area (Å²) in [6.45, 7) is 3.90. The third kappa shape index (κ3) is 3.72. The van der Waals surface area contributed by atoms with Gasteiger partial charge in [-0.25, -0.2) is 4.98 Å². The molecule has 0 unspecified atom stereocenters. The van der Waals surface area contributed by atoms with Crippen molar-refractivity contribution in [3.05, 3.63) is 69.2 Å². The molecule has 0 radical (unpaired) electrons. The van der Waals surface area contributed by atoms with Crippen LogP contribution < -0.4 is 15.0 Å². The molecule has 0 aliphatic carbocycles. The first-order valence-corrected chi connectivity index (χ1v) is 9.23. The van der Waals surface area contributed by atoms with E-state index in [1.165, 1.54) is 6.20 Å². The number of para-hydroxylation sites is 1. The van der Waals surface area contributed by atoms with E-state index < -0.39 is 17.3 Å². The van der Waals surface area contributed by atoms with Crippen molar-refractivity contribution in [1.82, 2.24) is 14.8 Å². The molecular weight excluding hydrogens is 423 g/mol. The maximum Gasteiger partial charge on any atom is 0.417 e. The lowest BCUT2D eigenvalue weighted by Gasteiger charge is -2.18.